The fraction of sp³-hybridized carbons (Fsp3) is 0.385. The van der Waals surface area contributed by atoms with Gasteiger partial charge in [0.2, 0.25) is 0 Å². The molecule has 0 atom stereocenters. The Morgan fingerprint density at radius 1 is 1.53 bits per heavy atom. The van der Waals surface area contributed by atoms with Gasteiger partial charge in [-0.05, 0) is 31.5 Å². The Kier molecular flexibility index (Phi) is 5.02. The standard InChI is InChI=1S/C13H16N2O2/c1-3-17-13(16)6-7-15-12-8-10(2)4-5-11(12)9-14/h4-5,8,15H,3,6-7H2,1-2H3. The molecule has 17 heavy (non-hydrogen) atoms. The molecule has 1 rings (SSSR count). The van der Waals surface area contributed by atoms with Crippen molar-refractivity contribution in [3.05, 3.63) is 29.3 Å². The summed E-state index contributed by atoms with van der Waals surface area (Å²) in [6, 6.07) is 7.65. The third kappa shape index (κ3) is 4.15. The number of nitrogens with one attached hydrogen (secondary N) is 1. The number of benzene rings is 1. The third-order valence-corrected chi connectivity index (χ3v) is 2.25. The Morgan fingerprint density at radius 3 is 2.94 bits per heavy atom. The molecule has 0 aliphatic heterocycles. The Morgan fingerprint density at radius 2 is 2.29 bits per heavy atom. The fourth-order valence-electron chi connectivity index (χ4n) is 1.43. The van der Waals surface area contributed by atoms with E-state index < -0.39 is 0 Å². The Balaban J connectivity index is 2.54. The predicted octanol–water partition coefficient (Wildman–Crippen LogP) is 2.23. The first kappa shape index (κ1) is 13.0. The second-order valence-electron chi connectivity index (χ2n) is 3.64. The van der Waals surface area contributed by atoms with Crippen LogP contribution in [0, 0.1) is 18.3 Å². The van der Waals surface area contributed by atoms with E-state index in [0.717, 1.165) is 11.3 Å². The van der Waals surface area contributed by atoms with Gasteiger partial charge in [-0.3, -0.25) is 4.79 Å². The molecule has 1 N–H and O–H groups in total. The first-order chi connectivity index (χ1) is 8.17. The van der Waals surface area contributed by atoms with E-state index in [0.29, 0.717) is 25.1 Å². The van der Waals surface area contributed by atoms with E-state index in [2.05, 4.69) is 11.4 Å². The highest BCUT2D eigenvalue weighted by Crippen LogP contribution is 2.16. The SMILES string of the molecule is CCOC(=O)CCNc1cc(C)ccc1C#N. The smallest absolute Gasteiger partial charge is 0.307 e. The fourth-order valence-corrected chi connectivity index (χ4v) is 1.43. The lowest BCUT2D eigenvalue weighted by Gasteiger charge is -2.08. The van der Waals surface area contributed by atoms with Crippen molar-refractivity contribution in [2.24, 2.45) is 0 Å². The van der Waals surface area contributed by atoms with Crippen LogP contribution < -0.4 is 5.32 Å². The number of nitriles is 1. The van der Waals surface area contributed by atoms with E-state index in [9.17, 15) is 4.79 Å². The number of esters is 1. The second kappa shape index (κ2) is 6.54. The molecule has 4 heteroatoms. The van der Waals surface area contributed by atoms with Gasteiger partial charge in [0.15, 0.2) is 0 Å². The lowest BCUT2D eigenvalue weighted by Crippen LogP contribution is -2.12. The predicted molar refractivity (Wildman–Crippen MR) is 65.6 cm³/mol. The summed E-state index contributed by atoms with van der Waals surface area (Å²) in [6.07, 6.45) is 0.298. The molecule has 0 aliphatic carbocycles. The average Bonchev–Trinajstić information content (AvgIpc) is 2.30. The normalized spacial score (nSPS) is 9.47. The molecule has 0 unspecified atom stereocenters. The van der Waals surface area contributed by atoms with Crippen LogP contribution in [-0.2, 0) is 9.53 Å². The van der Waals surface area contributed by atoms with Crippen molar-refractivity contribution >= 4 is 11.7 Å². The quantitative estimate of drug-likeness (QED) is 0.791. The molecule has 0 saturated carbocycles. The summed E-state index contributed by atoms with van der Waals surface area (Å²) >= 11 is 0. The van der Waals surface area contributed by atoms with Crippen LogP contribution in [0.4, 0.5) is 5.69 Å². The van der Waals surface area contributed by atoms with Crippen molar-refractivity contribution in [3.8, 4) is 6.07 Å². The molecule has 0 amide bonds. The van der Waals surface area contributed by atoms with Crippen LogP contribution in [-0.4, -0.2) is 19.1 Å². The number of anilines is 1. The summed E-state index contributed by atoms with van der Waals surface area (Å²) in [7, 11) is 0. The van der Waals surface area contributed by atoms with Gasteiger partial charge in [-0.2, -0.15) is 5.26 Å². The number of hydrogen-bond acceptors (Lipinski definition) is 4. The van der Waals surface area contributed by atoms with Crippen molar-refractivity contribution in [1.29, 1.82) is 5.26 Å². The largest absolute Gasteiger partial charge is 0.466 e. The number of aryl methyl sites for hydroxylation is 1. The molecule has 1 aromatic rings. The monoisotopic (exact) mass is 232 g/mol. The second-order valence-corrected chi connectivity index (χ2v) is 3.64. The van der Waals surface area contributed by atoms with Crippen LogP contribution in [0.15, 0.2) is 18.2 Å². The van der Waals surface area contributed by atoms with Crippen molar-refractivity contribution in [1.82, 2.24) is 0 Å². The molecule has 0 fully saturated rings. The van der Waals surface area contributed by atoms with Crippen LogP contribution in [0.5, 0.6) is 0 Å². The van der Waals surface area contributed by atoms with Gasteiger partial charge in [-0.1, -0.05) is 6.07 Å². The van der Waals surface area contributed by atoms with E-state index in [1.807, 2.05) is 19.1 Å². The van der Waals surface area contributed by atoms with Gasteiger partial charge < -0.3 is 10.1 Å². The molecule has 0 aromatic heterocycles. The Bertz CT molecular complexity index is 436. The van der Waals surface area contributed by atoms with E-state index in [4.69, 9.17) is 10.00 Å². The number of nitrogens with zero attached hydrogens (tertiary/aromatic N) is 1. The van der Waals surface area contributed by atoms with Gasteiger partial charge in [0.1, 0.15) is 6.07 Å². The Labute approximate surface area is 101 Å². The zero-order valence-electron chi connectivity index (χ0n) is 10.1. The van der Waals surface area contributed by atoms with Crippen LogP contribution >= 0.6 is 0 Å². The molecular formula is C13H16N2O2. The lowest BCUT2D eigenvalue weighted by atomic mass is 10.1. The number of carbonyl (C=O) groups is 1. The highest BCUT2D eigenvalue weighted by molar-refractivity contribution is 5.70. The number of hydrogen-bond donors (Lipinski definition) is 1. The molecule has 1 aromatic carbocycles. The average molecular weight is 232 g/mol. The minimum absolute atomic E-state index is 0.230. The van der Waals surface area contributed by atoms with Gasteiger partial charge in [-0.25, -0.2) is 0 Å². The highest BCUT2D eigenvalue weighted by Gasteiger charge is 2.04. The Hall–Kier alpha value is -2.02. The number of ether oxygens (including phenoxy) is 1. The molecular weight excluding hydrogens is 216 g/mol. The van der Waals surface area contributed by atoms with Gasteiger partial charge in [0.25, 0.3) is 0 Å². The highest BCUT2D eigenvalue weighted by atomic mass is 16.5. The van der Waals surface area contributed by atoms with E-state index in [1.54, 1.807) is 13.0 Å². The van der Waals surface area contributed by atoms with E-state index in [1.165, 1.54) is 0 Å². The van der Waals surface area contributed by atoms with Crippen molar-refractivity contribution in [2.45, 2.75) is 20.3 Å². The maximum atomic E-state index is 11.1. The van der Waals surface area contributed by atoms with E-state index >= 15 is 0 Å². The van der Waals surface area contributed by atoms with Gasteiger partial charge >= 0.3 is 5.97 Å². The van der Waals surface area contributed by atoms with Crippen molar-refractivity contribution < 1.29 is 9.53 Å². The zero-order chi connectivity index (χ0) is 12.7. The van der Waals surface area contributed by atoms with Gasteiger partial charge in [0.05, 0.1) is 24.3 Å². The molecule has 0 saturated heterocycles. The van der Waals surface area contributed by atoms with Crippen LogP contribution in [0.25, 0.3) is 0 Å². The zero-order valence-corrected chi connectivity index (χ0v) is 10.1. The van der Waals surface area contributed by atoms with Crippen LogP contribution in [0.2, 0.25) is 0 Å². The summed E-state index contributed by atoms with van der Waals surface area (Å²) in [5.41, 5.74) is 2.42. The molecule has 4 nitrogen and oxygen atoms in total. The topological polar surface area (TPSA) is 62.1 Å². The van der Waals surface area contributed by atoms with Crippen molar-refractivity contribution in [3.63, 3.8) is 0 Å². The molecule has 90 valence electrons. The molecule has 0 radical (unpaired) electrons. The first-order valence-corrected chi connectivity index (χ1v) is 5.57. The minimum Gasteiger partial charge on any atom is -0.466 e. The third-order valence-electron chi connectivity index (χ3n) is 2.25. The van der Waals surface area contributed by atoms with Crippen molar-refractivity contribution in [2.75, 3.05) is 18.5 Å². The molecule has 0 aliphatic rings. The summed E-state index contributed by atoms with van der Waals surface area (Å²) in [6.45, 7) is 4.60. The minimum atomic E-state index is -0.230. The maximum absolute atomic E-state index is 11.1. The lowest BCUT2D eigenvalue weighted by molar-refractivity contribution is -0.142. The molecule has 0 bridgehead atoms. The van der Waals surface area contributed by atoms with E-state index in [-0.39, 0.29) is 5.97 Å². The van der Waals surface area contributed by atoms with Gasteiger partial charge in [-0.15, -0.1) is 0 Å². The molecule has 0 spiro atoms. The number of rotatable bonds is 5. The molecule has 0 heterocycles. The first-order valence-electron chi connectivity index (χ1n) is 5.57. The summed E-state index contributed by atoms with van der Waals surface area (Å²) in [4.78, 5) is 11.1. The number of carbonyl (C=O) groups excluding carboxylic acids is 1. The summed E-state index contributed by atoms with van der Waals surface area (Å²) in [5.74, 6) is -0.230. The van der Waals surface area contributed by atoms with Crippen LogP contribution in [0.3, 0.4) is 0 Å². The summed E-state index contributed by atoms with van der Waals surface area (Å²) < 4.78 is 4.82. The maximum Gasteiger partial charge on any atom is 0.307 e. The van der Waals surface area contributed by atoms with Gasteiger partial charge in [0, 0.05) is 6.54 Å². The summed E-state index contributed by atoms with van der Waals surface area (Å²) in [5, 5.41) is 12.0. The van der Waals surface area contributed by atoms with Crippen LogP contribution in [0.1, 0.15) is 24.5 Å².